The summed E-state index contributed by atoms with van der Waals surface area (Å²) >= 11 is 0. The maximum atomic E-state index is 11.0. The minimum absolute atomic E-state index is 0.226. The van der Waals surface area contributed by atoms with Crippen molar-refractivity contribution in [1.29, 1.82) is 0 Å². The van der Waals surface area contributed by atoms with Gasteiger partial charge in [0.2, 0.25) is 0 Å². The number of hydrogen-bond acceptors (Lipinski definition) is 2. The summed E-state index contributed by atoms with van der Waals surface area (Å²) in [4.78, 5) is 11.0. The number of ether oxygens (including phenoxy) is 1. The van der Waals surface area contributed by atoms with E-state index in [-0.39, 0.29) is 11.7 Å². The van der Waals surface area contributed by atoms with Crippen LogP contribution >= 0.6 is 0 Å². The van der Waals surface area contributed by atoms with Gasteiger partial charge in [0.05, 0.1) is 7.11 Å². The Kier molecular flexibility index (Phi) is 1.79. The largest absolute Gasteiger partial charge is 0.500 e. The predicted molar refractivity (Wildman–Crippen MR) is 38.5 cm³/mol. The number of allylic oxidation sites excluding steroid dienone is 2. The van der Waals surface area contributed by atoms with E-state index in [1.807, 2.05) is 13.8 Å². The summed E-state index contributed by atoms with van der Waals surface area (Å²) < 4.78 is 5.06. The molecular weight excluding hydrogens is 128 g/mol. The first kappa shape index (κ1) is 7.32. The molecule has 0 amide bonds. The Morgan fingerprint density at radius 2 is 2.20 bits per heavy atom. The molecule has 0 heterocycles. The third kappa shape index (κ3) is 0.939. The van der Waals surface area contributed by atoms with Crippen molar-refractivity contribution in [2.75, 3.05) is 7.11 Å². The first-order chi connectivity index (χ1) is 4.66. The highest BCUT2D eigenvalue weighted by atomic mass is 16.5. The molecule has 0 aromatic rings. The van der Waals surface area contributed by atoms with E-state index in [1.165, 1.54) is 0 Å². The van der Waals surface area contributed by atoms with Crippen LogP contribution in [0.3, 0.4) is 0 Å². The molecule has 1 atom stereocenters. The summed E-state index contributed by atoms with van der Waals surface area (Å²) in [6.07, 6.45) is 0.620. The Morgan fingerprint density at radius 1 is 1.60 bits per heavy atom. The van der Waals surface area contributed by atoms with Crippen molar-refractivity contribution < 1.29 is 9.53 Å². The van der Waals surface area contributed by atoms with Crippen LogP contribution in [0.4, 0.5) is 0 Å². The van der Waals surface area contributed by atoms with E-state index < -0.39 is 0 Å². The van der Waals surface area contributed by atoms with Crippen molar-refractivity contribution in [1.82, 2.24) is 0 Å². The zero-order chi connectivity index (χ0) is 7.72. The zero-order valence-electron chi connectivity index (χ0n) is 6.60. The molecule has 0 aliphatic heterocycles. The summed E-state index contributed by atoms with van der Waals surface area (Å²) in [5, 5.41) is 0. The lowest BCUT2D eigenvalue weighted by Crippen LogP contribution is -1.95. The highest BCUT2D eigenvalue weighted by Crippen LogP contribution is 2.28. The molecule has 2 heteroatoms. The van der Waals surface area contributed by atoms with Gasteiger partial charge in [0, 0.05) is 17.9 Å². The Morgan fingerprint density at radius 3 is 2.40 bits per heavy atom. The lowest BCUT2D eigenvalue weighted by molar-refractivity contribution is -0.115. The molecule has 0 aromatic heterocycles. The SMILES string of the molecule is COC1=C(C)C(=O)CC1C. The number of Topliss-reactive ketones (excluding diaryl/α,β-unsaturated/α-hetero) is 1. The monoisotopic (exact) mass is 140 g/mol. The molecule has 0 bridgehead atoms. The van der Waals surface area contributed by atoms with Gasteiger partial charge in [-0.05, 0) is 6.92 Å². The molecule has 0 N–H and O–H groups in total. The molecule has 2 nitrogen and oxygen atoms in total. The van der Waals surface area contributed by atoms with Crippen molar-refractivity contribution in [3.05, 3.63) is 11.3 Å². The van der Waals surface area contributed by atoms with E-state index in [1.54, 1.807) is 7.11 Å². The first-order valence-corrected chi connectivity index (χ1v) is 3.44. The topological polar surface area (TPSA) is 26.3 Å². The number of ketones is 1. The van der Waals surface area contributed by atoms with Crippen LogP contribution in [0, 0.1) is 5.92 Å². The van der Waals surface area contributed by atoms with E-state index in [0.717, 1.165) is 11.3 Å². The number of hydrogen-bond donors (Lipinski definition) is 0. The van der Waals surface area contributed by atoms with Crippen molar-refractivity contribution in [3.8, 4) is 0 Å². The minimum Gasteiger partial charge on any atom is -0.500 e. The Hall–Kier alpha value is -0.790. The summed E-state index contributed by atoms with van der Waals surface area (Å²) in [6, 6.07) is 0. The average Bonchev–Trinajstić information content (AvgIpc) is 2.09. The Labute approximate surface area is 60.9 Å². The Balaban J connectivity index is 2.90. The van der Waals surface area contributed by atoms with Crippen LogP contribution in [0.1, 0.15) is 20.3 Å². The van der Waals surface area contributed by atoms with E-state index in [9.17, 15) is 4.79 Å². The van der Waals surface area contributed by atoms with Crippen molar-refractivity contribution in [3.63, 3.8) is 0 Å². The second-order valence-electron chi connectivity index (χ2n) is 2.72. The maximum absolute atomic E-state index is 11.0. The van der Waals surface area contributed by atoms with E-state index in [0.29, 0.717) is 6.42 Å². The van der Waals surface area contributed by atoms with Crippen LogP contribution in [0.5, 0.6) is 0 Å². The second-order valence-corrected chi connectivity index (χ2v) is 2.72. The zero-order valence-corrected chi connectivity index (χ0v) is 6.60. The van der Waals surface area contributed by atoms with Crippen molar-refractivity contribution in [2.45, 2.75) is 20.3 Å². The first-order valence-electron chi connectivity index (χ1n) is 3.44. The molecule has 10 heavy (non-hydrogen) atoms. The molecule has 0 aromatic carbocycles. The summed E-state index contributed by atoms with van der Waals surface area (Å²) in [7, 11) is 1.62. The van der Waals surface area contributed by atoms with E-state index in [4.69, 9.17) is 4.74 Å². The van der Waals surface area contributed by atoms with Crippen LogP contribution in [-0.4, -0.2) is 12.9 Å². The minimum atomic E-state index is 0.226. The van der Waals surface area contributed by atoms with Gasteiger partial charge in [0.25, 0.3) is 0 Å². The van der Waals surface area contributed by atoms with Gasteiger partial charge in [-0.2, -0.15) is 0 Å². The summed E-state index contributed by atoms with van der Waals surface area (Å²) in [6.45, 7) is 3.83. The molecular formula is C8H12O2. The average molecular weight is 140 g/mol. The predicted octanol–water partition coefficient (Wildman–Crippen LogP) is 1.52. The molecule has 1 aliphatic rings. The van der Waals surface area contributed by atoms with Crippen LogP contribution in [-0.2, 0) is 9.53 Å². The smallest absolute Gasteiger partial charge is 0.162 e. The van der Waals surface area contributed by atoms with Crippen LogP contribution in [0.15, 0.2) is 11.3 Å². The maximum Gasteiger partial charge on any atom is 0.162 e. The molecule has 0 radical (unpaired) electrons. The van der Waals surface area contributed by atoms with Gasteiger partial charge in [0.1, 0.15) is 5.76 Å². The highest BCUT2D eigenvalue weighted by Gasteiger charge is 2.26. The number of carbonyl (C=O) groups excluding carboxylic acids is 1. The highest BCUT2D eigenvalue weighted by molar-refractivity contribution is 5.98. The standard InChI is InChI=1S/C8H12O2/c1-5-4-7(9)6(2)8(5)10-3/h5H,4H2,1-3H3. The number of carbonyl (C=O) groups is 1. The fourth-order valence-electron chi connectivity index (χ4n) is 1.39. The molecule has 1 aliphatic carbocycles. The summed E-state index contributed by atoms with van der Waals surface area (Å²) in [5.74, 6) is 1.38. The van der Waals surface area contributed by atoms with Crippen molar-refractivity contribution in [2.24, 2.45) is 5.92 Å². The van der Waals surface area contributed by atoms with E-state index >= 15 is 0 Å². The number of methoxy groups -OCH3 is 1. The van der Waals surface area contributed by atoms with E-state index in [2.05, 4.69) is 0 Å². The fraction of sp³-hybridized carbons (Fsp3) is 0.625. The number of rotatable bonds is 1. The quantitative estimate of drug-likeness (QED) is 0.552. The summed E-state index contributed by atoms with van der Waals surface area (Å²) in [5.41, 5.74) is 0.801. The van der Waals surface area contributed by atoms with Crippen LogP contribution < -0.4 is 0 Å². The molecule has 0 saturated heterocycles. The molecule has 0 fully saturated rings. The molecule has 0 spiro atoms. The molecule has 1 rings (SSSR count). The fourth-order valence-corrected chi connectivity index (χ4v) is 1.39. The van der Waals surface area contributed by atoms with Gasteiger partial charge in [0.15, 0.2) is 5.78 Å². The molecule has 0 saturated carbocycles. The second kappa shape index (κ2) is 2.45. The van der Waals surface area contributed by atoms with Gasteiger partial charge < -0.3 is 4.74 Å². The van der Waals surface area contributed by atoms with Gasteiger partial charge >= 0.3 is 0 Å². The Bertz CT molecular complexity index is 191. The van der Waals surface area contributed by atoms with Gasteiger partial charge in [-0.1, -0.05) is 6.92 Å². The third-order valence-electron chi connectivity index (χ3n) is 1.95. The van der Waals surface area contributed by atoms with Crippen LogP contribution in [0.25, 0.3) is 0 Å². The third-order valence-corrected chi connectivity index (χ3v) is 1.95. The van der Waals surface area contributed by atoms with Gasteiger partial charge in [-0.25, -0.2) is 0 Å². The lowest BCUT2D eigenvalue weighted by Gasteiger charge is -2.05. The molecule has 56 valence electrons. The normalized spacial score (nSPS) is 25.9. The van der Waals surface area contributed by atoms with Gasteiger partial charge in [-0.3, -0.25) is 4.79 Å². The lowest BCUT2D eigenvalue weighted by atomic mass is 10.1. The van der Waals surface area contributed by atoms with Crippen molar-refractivity contribution >= 4 is 5.78 Å². The van der Waals surface area contributed by atoms with Crippen LogP contribution in [0.2, 0.25) is 0 Å². The molecule has 1 unspecified atom stereocenters. The van der Waals surface area contributed by atoms with Gasteiger partial charge in [-0.15, -0.1) is 0 Å².